The van der Waals surface area contributed by atoms with Gasteiger partial charge in [-0.1, -0.05) is 6.07 Å². The van der Waals surface area contributed by atoms with Crippen LogP contribution < -0.4 is 16.6 Å². The van der Waals surface area contributed by atoms with Gasteiger partial charge in [-0.25, -0.2) is 10.8 Å². The Morgan fingerprint density at radius 2 is 1.88 bits per heavy atom. The van der Waals surface area contributed by atoms with Crippen molar-refractivity contribution in [1.29, 1.82) is 0 Å². The lowest BCUT2D eigenvalue weighted by Crippen LogP contribution is -2.28. The van der Waals surface area contributed by atoms with Crippen molar-refractivity contribution in [2.45, 2.75) is 37.8 Å². The summed E-state index contributed by atoms with van der Waals surface area (Å²) in [5.74, 6) is 6.78. The molecule has 1 aromatic heterocycles. The van der Waals surface area contributed by atoms with Crippen molar-refractivity contribution < 1.29 is 5.11 Å². The Labute approximate surface area is 95.0 Å². The first-order valence-corrected chi connectivity index (χ1v) is 5.66. The van der Waals surface area contributed by atoms with Crippen LogP contribution in [-0.2, 0) is 0 Å². The molecule has 0 unspecified atom stereocenters. The Kier molecular flexibility index (Phi) is 3.58. The van der Waals surface area contributed by atoms with Crippen LogP contribution in [0.1, 0.15) is 25.7 Å². The highest BCUT2D eigenvalue weighted by atomic mass is 16.3. The highest BCUT2D eigenvalue weighted by Crippen LogP contribution is 2.21. The Bertz CT molecular complexity index is 337. The van der Waals surface area contributed by atoms with Crippen LogP contribution in [0.15, 0.2) is 18.2 Å². The number of pyridine rings is 1. The minimum Gasteiger partial charge on any atom is -0.393 e. The number of aromatic nitrogens is 1. The Morgan fingerprint density at radius 3 is 2.56 bits per heavy atom. The van der Waals surface area contributed by atoms with Crippen LogP contribution in [0.2, 0.25) is 0 Å². The van der Waals surface area contributed by atoms with Gasteiger partial charge in [-0.2, -0.15) is 0 Å². The van der Waals surface area contributed by atoms with Gasteiger partial charge < -0.3 is 15.8 Å². The Balaban J connectivity index is 1.93. The number of nitrogens with two attached hydrogens (primary N) is 1. The molecule has 1 saturated carbocycles. The van der Waals surface area contributed by atoms with E-state index in [1.165, 1.54) is 0 Å². The highest BCUT2D eigenvalue weighted by molar-refractivity contribution is 5.44. The minimum absolute atomic E-state index is 0.122. The maximum absolute atomic E-state index is 9.41. The van der Waals surface area contributed by atoms with Crippen molar-refractivity contribution in [3.05, 3.63) is 18.2 Å². The first-order valence-electron chi connectivity index (χ1n) is 5.66. The number of rotatable bonds is 3. The van der Waals surface area contributed by atoms with Crippen LogP contribution in [0.4, 0.5) is 11.6 Å². The summed E-state index contributed by atoms with van der Waals surface area (Å²) in [4.78, 5) is 4.29. The fraction of sp³-hybridized carbons (Fsp3) is 0.545. The molecule has 0 atom stereocenters. The van der Waals surface area contributed by atoms with Gasteiger partial charge >= 0.3 is 0 Å². The Hall–Kier alpha value is -1.33. The number of hydrogen-bond donors (Lipinski definition) is 4. The maximum atomic E-state index is 9.41. The number of aliphatic hydroxyl groups excluding tert-OH is 1. The fourth-order valence-electron chi connectivity index (χ4n) is 2.02. The molecule has 1 aliphatic carbocycles. The molecule has 5 heteroatoms. The largest absolute Gasteiger partial charge is 0.393 e. The van der Waals surface area contributed by atoms with Gasteiger partial charge in [-0.05, 0) is 37.8 Å². The summed E-state index contributed by atoms with van der Waals surface area (Å²) in [7, 11) is 0. The zero-order valence-corrected chi connectivity index (χ0v) is 9.19. The van der Waals surface area contributed by atoms with Crippen molar-refractivity contribution in [2.24, 2.45) is 5.84 Å². The molecule has 0 spiro atoms. The summed E-state index contributed by atoms with van der Waals surface area (Å²) in [6.45, 7) is 0. The van der Waals surface area contributed by atoms with Crippen LogP contribution in [0.3, 0.4) is 0 Å². The van der Waals surface area contributed by atoms with Gasteiger partial charge in [0.15, 0.2) is 0 Å². The van der Waals surface area contributed by atoms with Crippen molar-refractivity contribution in [1.82, 2.24) is 4.98 Å². The van der Waals surface area contributed by atoms with Gasteiger partial charge in [0, 0.05) is 6.04 Å². The first-order chi connectivity index (χ1) is 7.78. The number of anilines is 2. The molecule has 1 aliphatic rings. The van der Waals surface area contributed by atoms with E-state index in [2.05, 4.69) is 15.7 Å². The molecule has 5 N–H and O–H groups in total. The molecular formula is C11H18N4O. The number of nitrogens with one attached hydrogen (secondary N) is 2. The lowest BCUT2D eigenvalue weighted by molar-refractivity contribution is 0.126. The normalized spacial score (nSPS) is 25.1. The molecule has 0 aromatic carbocycles. The molecule has 1 heterocycles. The standard InChI is InChI=1S/C11H18N4O/c12-15-11-3-1-2-10(14-11)13-8-4-6-9(16)7-5-8/h1-3,8-9,16H,4-7,12H2,(H2,13,14,15). The van der Waals surface area contributed by atoms with Gasteiger partial charge in [0.1, 0.15) is 11.6 Å². The fourth-order valence-corrected chi connectivity index (χ4v) is 2.02. The van der Waals surface area contributed by atoms with E-state index in [0.717, 1.165) is 31.5 Å². The molecule has 2 rings (SSSR count). The van der Waals surface area contributed by atoms with E-state index in [0.29, 0.717) is 11.9 Å². The zero-order valence-electron chi connectivity index (χ0n) is 9.19. The van der Waals surface area contributed by atoms with Crippen molar-refractivity contribution in [3.8, 4) is 0 Å². The van der Waals surface area contributed by atoms with E-state index in [1.807, 2.05) is 18.2 Å². The van der Waals surface area contributed by atoms with Gasteiger partial charge in [0.05, 0.1) is 6.10 Å². The lowest BCUT2D eigenvalue weighted by atomic mass is 9.93. The first kappa shape index (κ1) is 11.2. The molecular weight excluding hydrogens is 204 g/mol. The van der Waals surface area contributed by atoms with Crippen molar-refractivity contribution in [3.63, 3.8) is 0 Å². The molecule has 0 bridgehead atoms. The average Bonchev–Trinajstić information content (AvgIpc) is 2.32. The van der Waals surface area contributed by atoms with E-state index in [9.17, 15) is 5.11 Å². The van der Waals surface area contributed by atoms with Crippen molar-refractivity contribution >= 4 is 11.6 Å². The second kappa shape index (κ2) is 5.14. The SMILES string of the molecule is NNc1cccc(NC2CCC(O)CC2)n1. The van der Waals surface area contributed by atoms with Gasteiger partial charge in [-0.15, -0.1) is 0 Å². The number of nitrogen functional groups attached to an aromatic ring is 1. The molecule has 1 aromatic rings. The predicted octanol–water partition coefficient (Wildman–Crippen LogP) is 1.08. The van der Waals surface area contributed by atoms with E-state index in [4.69, 9.17) is 5.84 Å². The van der Waals surface area contributed by atoms with Crippen LogP contribution in [0.5, 0.6) is 0 Å². The molecule has 0 radical (unpaired) electrons. The number of hydrazine groups is 1. The van der Waals surface area contributed by atoms with Crippen LogP contribution in [0.25, 0.3) is 0 Å². The third kappa shape index (κ3) is 2.84. The second-order valence-corrected chi connectivity index (χ2v) is 4.20. The van der Waals surface area contributed by atoms with E-state index in [1.54, 1.807) is 0 Å². The predicted molar refractivity (Wildman–Crippen MR) is 63.9 cm³/mol. The highest BCUT2D eigenvalue weighted by Gasteiger charge is 2.19. The smallest absolute Gasteiger partial charge is 0.142 e. The van der Waals surface area contributed by atoms with Gasteiger partial charge in [-0.3, -0.25) is 0 Å². The zero-order chi connectivity index (χ0) is 11.4. The van der Waals surface area contributed by atoms with E-state index >= 15 is 0 Å². The lowest BCUT2D eigenvalue weighted by Gasteiger charge is -2.26. The second-order valence-electron chi connectivity index (χ2n) is 4.20. The molecule has 0 amide bonds. The summed E-state index contributed by atoms with van der Waals surface area (Å²) < 4.78 is 0. The van der Waals surface area contributed by atoms with Crippen molar-refractivity contribution in [2.75, 3.05) is 10.7 Å². The van der Waals surface area contributed by atoms with Gasteiger partial charge in [0.2, 0.25) is 0 Å². The summed E-state index contributed by atoms with van der Waals surface area (Å²) in [6.07, 6.45) is 3.59. The maximum Gasteiger partial charge on any atom is 0.142 e. The third-order valence-electron chi connectivity index (χ3n) is 2.95. The molecule has 5 nitrogen and oxygen atoms in total. The summed E-state index contributed by atoms with van der Waals surface area (Å²) in [6, 6.07) is 6.05. The summed E-state index contributed by atoms with van der Waals surface area (Å²) in [5.41, 5.74) is 2.52. The summed E-state index contributed by atoms with van der Waals surface area (Å²) in [5, 5.41) is 12.8. The van der Waals surface area contributed by atoms with E-state index < -0.39 is 0 Å². The molecule has 0 saturated heterocycles. The minimum atomic E-state index is -0.122. The van der Waals surface area contributed by atoms with Crippen LogP contribution in [0, 0.1) is 0 Å². The molecule has 88 valence electrons. The van der Waals surface area contributed by atoms with E-state index in [-0.39, 0.29) is 6.10 Å². The molecule has 16 heavy (non-hydrogen) atoms. The summed E-state index contributed by atoms with van der Waals surface area (Å²) >= 11 is 0. The van der Waals surface area contributed by atoms with Crippen LogP contribution in [-0.4, -0.2) is 22.2 Å². The molecule has 1 fully saturated rings. The average molecular weight is 222 g/mol. The monoisotopic (exact) mass is 222 g/mol. The molecule has 0 aliphatic heterocycles. The number of aliphatic hydroxyl groups is 1. The third-order valence-corrected chi connectivity index (χ3v) is 2.95. The number of hydrogen-bond acceptors (Lipinski definition) is 5. The quantitative estimate of drug-likeness (QED) is 0.454. The topological polar surface area (TPSA) is 83.2 Å². The van der Waals surface area contributed by atoms with Crippen LogP contribution >= 0.6 is 0 Å². The van der Waals surface area contributed by atoms with Gasteiger partial charge in [0.25, 0.3) is 0 Å². The Morgan fingerprint density at radius 1 is 1.19 bits per heavy atom. The number of nitrogens with zero attached hydrogens (tertiary/aromatic N) is 1.